The number of ether oxygens (including phenoxy) is 3. The van der Waals surface area contributed by atoms with E-state index in [1.165, 1.54) is 13.2 Å². The molecule has 0 aliphatic rings. The lowest BCUT2D eigenvalue weighted by atomic mass is 10.0. The van der Waals surface area contributed by atoms with E-state index in [9.17, 15) is 9.59 Å². The van der Waals surface area contributed by atoms with Crippen LogP contribution < -0.4 is 9.47 Å². The topological polar surface area (TPSA) is 82.1 Å². The Morgan fingerprint density at radius 2 is 1.90 bits per heavy atom. The second-order valence-electron chi connectivity index (χ2n) is 4.20. The maximum Gasteiger partial charge on any atom is 0.341 e. The molecule has 0 heterocycles. The van der Waals surface area contributed by atoms with E-state index in [-0.39, 0.29) is 11.3 Å². The molecule has 0 bridgehead atoms. The lowest BCUT2D eigenvalue weighted by Gasteiger charge is -2.12. The number of aliphatic carboxylic acids is 1. The molecular weight excluding hydrogens is 276 g/mol. The van der Waals surface area contributed by atoms with Crippen molar-refractivity contribution in [2.45, 2.75) is 0 Å². The van der Waals surface area contributed by atoms with E-state index >= 15 is 0 Å². The van der Waals surface area contributed by atoms with Crippen LogP contribution in [0.5, 0.6) is 11.5 Å². The van der Waals surface area contributed by atoms with Crippen molar-refractivity contribution < 1.29 is 28.9 Å². The van der Waals surface area contributed by atoms with Gasteiger partial charge in [-0.2, -0.15) is 0 Å². The highest BCUT2D eigenvalue weighted by Gasteiger charge is 2.17. The van der Waals surface area contributed by atoms with Gasteiger partial charge in [-0.15, -0.1) is 0 Å². The molecule has 110 valence electrons. The zero-order valence-corrected chi connectivity index (χ0v) is 11.6. The number of fused-ring (bicyclic) bond motifs is 1. The first-order chi connectivity index (χ1) is 10.1. The highest BCUT2D eigenvalue weighted by Crippen LogP contribution is 2.32. The average Bonchev–Trinajstić information content (AvgIpc) is 2.50. The summed E-state index contributed by atoms with van der Waals surface area (Å²) >= 11 is 0. The molecule has 0 radical (unpaired) electrons. The summed E-state index contributed by atoms with van der Waals surface area (Å²) in [5.41, 5.74) is 0.177. The van der Waals surface area contributed by atoms with Crippen molar-refractivity contribution in [1.29, 1.82) is 0 Å². The molecule has 0 aliphatic heterocycles. The lowest BCUT2D eigenvalue weighted by molar-refractivity contribution is -0.139. The van der Waals surface area contributed by atoms with Crippen molar-refractivity contribution in [2.75, 3.05) is 20.8 Å². The summed E-state index contributed by atoms with van der Waals surface area (Å²) in [6.45, 7) is -0.546. The van der Waals surface area contributed by atoms with Crippen molar-refractivity contribution in [3.63, 3.8) is 0 Å². The third kappa shape index (κ3) is 3.05. The largest absolute Gasteiger partial charge is 0.497 e. The van der Waals surface area contributed by atoms with Crippen LogP contribution in [-0.2, 0) is 9.53 Å². The van der Waals surface area contributed by atoms with Gasteiger partial charge in [0.1, 0.15) is 17.1 Å². The molecule has 0 fully saturated rings. The molecule has 0 saturated heterocycles. The van der Waals surface area contributed by atoms with E-state index in [0.29, 0.717) is 11.1 Å². The number of carbonyl (C=O) groups excluding carboxylic acids is 1. The van der Waals surface area contributed by atoms with Gasteiger partial charge in [-0.3, -0.25) is 0 Å². The number of esters is 1. The molecule has 21 heavy (non-hydrogen) atoms. The molecule has 0 atom stereocenters. The minimum atomic E-state index is -1.13. The van der Waals surface area contributed by atoms with Crippen LogP contribution in [-0.4, -0.2) is 37.9 Å². The standard InChI is InChI=1S/C15H14O6/c1-19-10-4-6-11-9(7-10)3-5-12(15(18)20-2)14(11)21-8-13(16)17/h3-7H,8H2,1-2H3,(H,16,17). The zero-order chi connectivity index (χ0) is 15.4. The van der Waals surface area contributed by atoms with E-state index in [2.05, 4.69) is 4.74 Å². The number of rotatable bonds is 5. The quantitative estimate of drug-likeness (QED) is 0.849. The second-order valence-corrected chi connectivity index (χ2v) is 4.20. The molecule has 2 aromatic rings. The Hall–Kier alpha value is -2.76. The fraction of sp³-hybridized carbons (Fsp3) is 0.200. The second kappa shape index (κ2) is 6.13. The fourth-order valence-corrected chi connectivity index (χ4v) is 1.97. The van der Waals surface area contributed by atoms with Crippen molar-refractivity contribution in [3.05, 3.63) is 35.9 Å². The number of carboxylic acid groups (broad SMARTS) is 1. The summed E-state index contributed by atoms with van der Waals surface area (Å²) in [7, 11) is 2.80. The Balaban J connectivity index is 2.59. The van der Waals surface area contributed by atoms with Gasteiger partial charge >= 0.3 is 11.9 Å². The molecule has 6 heteroatoms. The highest BCUT2D eigenvalue weighted by atomic mass is 16.5. The average molecular weight is 290 g/mol. The third-order valence-corrected chi connectivity index (χ3v) is 2.92. The molecule has 1 N–H and O–H groups in total. The SMILES string of the molecule is COC(=O)c1ccc2cc(OC)ccc2c1OCC(=O)O. The maximum absolute atomic E-state index is 11.8. The summed E-state index contributed by atoms with van der Waals surface area (Å²) in [6, 6.07) is 8.43. The van der Waals surface area contributed by atoms with Crippen LogP contribution in [0.25, 0.3) is 10.8 Å². The summed E-state index contributed by atoms with van der Waals surface area (Å²) in [4.78, 5) is 22.5. The number of carboxylic acids is 1. The van der Waals surface area contributed by atoms with Crippen LogP contribution in [0.1, 0.15) is 10.4 Å². The van der Waals surface area contributed by atoms with Crippen molar-refractivity contribution >= 4 is 22.7 Å². The molecular formula is C15H14O6. The first kappa shape index (κ1) is 14.6. The monoisotopic (exact) mass is 290 g/mol. The molecule has 2 aromatic carbocycles. The van der Waals surface area contributed by atoms with E-state index in [1.807, 2.05) is 0 Å². The summed E-state index contributed by atoms with van der Waals surface area (Å²) < 4.78 is 15.1. The molecule has 0 amide bonds. The molecule has 0 saturated carbocycles. The molecule has 0 spiro atoms. The molecule has 0 aliphatic carbocycles. The van der Waals surface area contributed by atoms with E-state index in [4.69, 9.17) is 14.6 Å². The van der Waals surface area contributed by atoms with Crippen LogP contribution in [0, 0.1) is 0 Å². The number of hydrogen-bond donors (Lipinski definition) is 1. The van der Waals surface area contributed by atoms with Gasteiger partial charge in [0.05, 0.1) is 14.2 Å². The normalized spacial score (nSPS) is 10.2. The fourth-order valence-electron chi connectivity index (χ4n) is 1.97. The summed E-state index contributed by atoms with van der Waals surface area (Å²) in [5.74, 6) is -0.883. The van der Waals surface area contributed by atoms with Crippen molar-refractivity contribution in [3.8, 4) is 11.5 Å². The van der Waals surface area contributed by atoms with Crippen LogP contribution in [0.4, 0.5) is 0 Å². The number of methoxy groups -OCH3 is 2. The smallest absolute Gasteiger partial charge is 0.341 e. The Kier molecular flexibility index (Phi) is 4.27. The number of benzene rings is 2. The molecule has 2 rings (SSSR count). The predicted molar refractivity (Wildman–Crippen MR) is 75.0 cm³/mol. The summed E-state index contributed by atoms with van der Waals surface area (Å²) in [5, 5.41) is 10.1. The van der Waals surface area contributed by atoms with Gasteiger partial charge in [-0.05, 0) is 29.7 Å². The predicted octanol–water partition coefficient (Wildman–Crippen LogP) is 2.10. The van der Waals surface area contributed by atoms with E-state index in [1.54, 1.807) is 31.4 Å². The van der Waals surface area contributed by atoms with Gasteiger partial charge in [0.15, 0.2) is 6.61 Å². The van der Waals surface area contributed by atoms with Crippen LogP contribution >= 0.6 is 0 Å². The van der Waals surface area contributed by atoms with Crippen LogP contribution in [0.3, 0.4) is 0 Å². The molecule has 6 nitrogen and oxygen atoms in total. The van der Waals surface area contributed by atoms with Gasteiger partial charge in [0.2, 0.25) is 0 Å². The third-order valence-electron chi connectivity index (χ3n) is 2.92. The van der Waals surface area contributed by atoms with Crippen LogP contribution in [0.2, 0.25) is 0 Å². The van der Waals surface area contributed by atoms with Gasteiger partial charge < -0.3 is 19.3 Å². The number of hydrogen-bond acceptors (Lipinski definition) is 5. The Bertz CT molecular complexity index is 692. The van der Waals surface area contributed by atoms with Gasteiger partial charge in [-0.1, -0.05) is 6.07 Å². The van der Waals surface area contributed by atoms with Crippen molar-refractivity contribution in [2.24, 2.45) is 0 Å². The molecule has 0 aromatic heterocycles. The van der Waals surface area contributed by atoms with Gasteiger partial charge in [-0.25, -0.2) is 9.59 Å². The van der Waals surface area contributed by atoms with Crippen LogP contribution in [0.15, 0.2) is 30.3 Å². The first-order valence-electron chi connectivity index (χ1n) is 6.10. The minimum absolute atomic E-state index is 0.177. The van der Waals surface area contributed by atoms with Gasteiger partial charge in [0, 0.05) is 5.39 Å². The zero-order valence-electron chi connectivity index (χ0n) is 11.6. The molecule has 0 unspecified atom stereocenters. The Labute approximate surface area is 120 Å². The van der Waals surface area contributed by atoms with Crippen molar-refractivity contribution in [1.82, 2.24) is 0 Å². The highest BCUT2D eigenvalue weighted by molar-refractivity contribution is 6.01. The number of carbonyl (C=O) groups is 2. The van der Waals surface area contributed by atoms with E-state index < -0.39 is 18.5 Å². The minimum Gasteiger partial charge on any atom is -0.497 e. The summed E-state index contributed by atoms with van der Waals surface area (Å²) in [6.07, 6.45) is 0. The Morgan fingerprint density at radius 1 is 1.14 bits per heavy atom. The Morgan fingerprint density at radius 3 is 2.52 bits per heavy atom. The first-order valence-corrected chi connectivity index (χ1v) is 6.10. The lowest BCUT2D eigenvalue weighted by Crippen LogP contribution is -2.13. The van der Waals surface area contributed by atoms with Gasteiger partial charge in [0.25, 0.3) is 0 Å². The maximum atomic E-state index is 11.8. The van der Waals surface area contributed by atoms with E-state index in [0.717, 1.165) is 5.39 Å².